The zero-order chi connectivity index (χ0) is 9.59. The SMILES string of the molecule is CC1=CC(=O)c2c(n[nH]c2C)C1=O. The smallest absolute Gasteiger partial charge is 0.209 e. The van der Waals surface area contributed by atoms with E-state index in [0.717, 1.165) is 0 Å². The molecule has 1 aliphatic carbocycles. The van der Waals surface area contributed by atoms with Crippen molar-refractivity contribution in [2.45, 2.75) is 13.8 Å². The maximum absolute atomic E-state index is 11.5. The van der Waals surface area contributed by atoms with E-state index in [2.05, 4.69) is 10.2 Å². The highest BCUT2D eigenvalue weighted by molar-refractivity contribution is 6.23. The average Bonchev–Trinajstić information content (AvgIpc) is 2.44. The summed E-state index contributed by atoms with van der Waals surface area (Å²) in [6, 6.07) is 0. The molecule has 66 valence electrons. The molecule has 0 aromatic carbocycles. The van der Waals surface area contributed by atoms with Gasteiger partial charge in [-0.25, -0.2) is 0 Å². The Bertz CT molecular complexity index is 440. The predicted molar refractivity (Wildman–Crippen MR) is 45.7 cm³/mol. The summed E-state index contributed by atoms with van der Waals surface area (Å²) in [4.78, 5) is 22.9. The van der Waals surface area contributed by atoms with Gasteiger partial charge in [-0.05, 0) is 19.9 Å². The molecule has 0 spiro atoms. The Morgan fingerprint density at radius 2 is 2.00 bits per heavy atom. The largest absolute Gasteiger partial charge is 0.289 e. The van der Waals surface area contributed by atoms with E-state index < -0.39 is 0 Å². The lowest BCUT2D eigenvalue weighted by atomic mass is 9.95. The van der Waals surface area contributed by atoms with Crippen molar-refractivity contribution in [1.29, 1.82) is 0 Å². The molecule has 1 aliphatic rings. The number of Topliss-reactive ketones (excluding diaryl/α,β-unsaturated/α-hetero) is 1. The summed E-state index contributed by atoms with van der Waals surface area (Å²) in [5.74, 6) is -0.308. The number of carbonyl (C=O) groups excluding carboxylic acids is 2. The van der Waals surface area contributed by atoms with E-state index in [0.29, 0.717) is 16.8 Å². The Morgan fingerprint density at radius 3 is 2.69 bits per heavy atom. The van der Waals surface area contributed by atoms with Crippen LogP contribution in [0.25, 0.3) is 0 Å². The number of rotatable bonds is 0. The third-order valence-electron chi connectivity index (χ3n) is 2.11. The van der Waals surface area contributed by atoms with E-state index in [1.807, 2.05) is 0 Å². The first-order chi connectivity index (χ1) is 6.11. The molecule has 0 atom stereocenters. The minimum Gasteiger partial charge on any atom is -0.289 e. The van der Waals surface area contributed by atoms with Crippen LogP contribution in [0.4, 0.5) is 0 Å². The molecule has 1 aromatic heterocycles. The van der Waals surface area contributed by atoms with Crippen LogP contribution in [0, 0.1) is 6.92 Å². The normalized spacial score (nSPS) is 15.7. The van der Waals surface area contributed by atoms with E-state index in [-0.39, 0.29) is 17.3 Å². The summed E-state index contributed by atoms with van der Waals surface area (Å²) < 4.78 is 0. The van der Waals surface area contributed by atoms with E-state index >= 15 is 0 Å². The molecule has 0 radical (unpaired) electrons. The highest BCUT2D eigenvalue weighted by Gasteiger charge is 2.27. The molecule has 2 rings (SSSR count). The zero-order valence-electron chi connectivity index (χ0n) is 7.34. The number of aromatic amines is 1. The van der Waals surface area contributed by atoms with Gasteiger partial charge in [0, 0.05) is 11.3 Å². The summed E-state index contributed by atoms with van der Waals surface area (Å²) in [5.41, 5.74) is 1.76. The second-order valence-electron chi connectivity index (χ2n) is 3.09. The second-order valence-corrected chi connectivity index (χ2v) is 3.09. The molecule has 0 aliphatic heterocycles. The highest BCUT2D eigenvalue weighted by atomic mass is 16.1. The van der Waals surface area contributed by atoms with E-state index in [1.165, 1.54) is 6.08 Å². The van der Waals surface area contributed by atoms with Crippen molar-refractivity contribution in [3.05, 3.63) is 28.6 Å². The molecule has 0 fully saturated rings. The number of ketones is 2. The number of carbonyl (C=O) groups is 2. The summed E-state index contributed by atoms with van der Waals surface area (Å²) in [5, 5.41) is 6.44. The van der Waals surface area contributed by atoms with Crippen molar-refractivity contribution in [3.8, 4) is 0 Å². The second kappa shape index (κ2) is 2.39. The minimum absolute atomic E-state index is 0.140. The quantitative estimate of drug-likeness (QED) is 0.642. The van der Waals surface area contributed by atoms with Crippen LogP contribution >= 0.6 is 0 Å². The van der Waals surface area contributed by atoms with Gasteiger partial charge in [0.15, 0.2) is 5.78 Å². The molecule has 0 amide bonds. The molecule has 13 heavy (non-hydrogen) atoms. The summed E-state index contributed by atoms with van der Waals surface area (Å²) in [6.07, 6.45) is 1.35. The standard InChI is InChI=1S/C9H8N2O2/c1-4-3-6(12)7-5(2)10-11-8(7)9(4)13/h3H,1-2H3,(H,10,11). The molecular formula is C9H8N2O2. The molecule has 4 nitrogen and oxygen atoms in total. The van der Waals surface area contributed by atoms with Gasteiger partial charge < -0.3 is 0 Å². The number of hydrogen-bond donors (Lipinski definition) is 1. The number of fused-ring (bicyclic) bond motifs is 1. The summed E-state index contributed by atoms with van der Waals surface area (Å²) in [6.45, 7) is 3.35. The van der Waals surface area contributed by atoms with Crippen LogP contribution in [0.3, 0.4) is 0 Å². The number of hydrogen-bond acceptors (Lipinski definition) is 3. The maximum Gasteiger partial charge on any atom is 0.209 e. The van der Waals surface area contributed by atoms with Gasteiger partial charge in [0.2, 0.25) is 5.78 Å². The molecule has 1 N–H and O–H groups in total. The molecule has 1 aromatic rings. The molecule has 0 bridgehead atoms. The Hall–Kier alpha value is -1.71. The molecule has 0 saturated heterocycles. The van der Waals surface area contributed by atoms with Gasteiger partial charge in [0.25, 0.3) is 0 Å². The average molecular weight is 176 g/mol. The zero-order valence-corrected chi connectivity index (χ0v) is 7.34. The van der Waals surface area contributed by atoms with Crippen LogP contribution in [0.15, 0.2) is 11.6 Å². The molecule has 4 heteroatoms. The van der Waals surface area contributed by atoms with Crippen molar-refractivity contribution in [2.75, 3.05) is 0 Å². The number of H-pyrrole nitrogens is 1. The van der Waals surface area contributed by atoms with Gasteiger partial charge in [-0.15, -0.1) is 0 Å². The summed E-state index contributed by atoms with van der Waals surface area (Å²) in [7, 11) is 0. The van der Waals surface area contributed by atoms with Crippen LogP contribution in [0.1, 0.15) is 33.5 Å². The van der Waals surface area contributed by atoms with Gasteiger partial charge in [0.05, 0.1) is 5.56 Å². The van der Waals surface area contributed by atoms with Gasteiger partial charge in [-0.3, -0.25) is 14.7 Å². The molecule has 1 heterocycles. The Kier molecular flexibility index (Phi) is 1.45. The monoisotopic (exact) mass is 176 g/mol. The first-order valence-corrected chi connectivity index (χ1v) is 3.93. The van der Waals surface area contributed by atoms with Crippen molar-refractivity contribution >= 4 is 11.6 Å². The Morgan fingerprint density at radius 1 is 1.31 bits per heavy atom. The van der Waals surface area contributed by atoms with E-state index in [1.54, 1.807) is 13.8 Å². The van der Waals surface area contributed by atoms with Crippen molar-refractivity contribution in [1.82, 2.24) is 10.2 Å². The lowest BCUT2D eigenvalue weighted by molar-refractivity contribution is 0.0981. The lowest BCUT2D eigenvalue weighted by Crippen LogP contribution is -2.15. The number of nitrogens with zero attached hydrogens (tertiary/aromatic N) is 1. The van der Waals surface area contributed by atoms with Crippen LogP contribution in [0.2, 0.25) is 0 Å². The van der Waals surface area contributed by atoms with Crippen LogP contribution in [-0.2, 0) is 0 Å². The first kappa shape index (κ1) is 7.91. The van der Waals surface area contributed by atoms with E-state index in [9.17, 15) is 9.59 Å². The first-order valence-electron chi connectivity index (χ1n) is 3.93. The fraction of sp³-hybridized carbons (Fsp3) is 0.222. The van der Waals surface area contributed by atoms with Gasteiger partial charge in [-0.2, -0.15) is 5.10 Å². The van der Waals surface area contributed by atoms with Crippen molar-refractivity contribution < 1.29 is 9.59 Å². The minimum atomic E-state index is -0.168. The van der Waals surface area contributed by atoms with Crippen LogP contribution < -0.4 is 0 Å². The van der Waals surface area contributed by atoms with Crippen LogP contribution in [0.5, 0.6) is 0 Å². The fourth-order valence-electron chi connectivity index (χ4n) is 1.42. The van der Waals surface area contributed by atoms with Gasteiger partial charge in [-0.1, -0.05) is 0 Å². The number of aryl methyl sites for hydroxylation is 1. The molecule has 0 saturated carbocycles. The molecular weight excluding hydrogens is 168 g/mol. The Labute approximate surface area is 74.6 Å². The predicted octanol–water partition coefficient (Wildman–Crippen LogP) is 1.04. The maximum atomic E-state index is 11.5. The number of allylic oxidation sites excluding steroid dienone is 2. The Balaban J connectivity index is 2.71. The lowest BCUT2D eigenvalue weighted by Gasteiger charge is -2.05. The summed E-state index contributed by atoms with van der Waals surface area (Å²) >= 11 is 0. The van der Waals surface area contributed by atoms with Crippen molar-refractivity contribution in [3.63, 3.8) is 0 Å². The van der Waals surface area contributed by atoms with Gasteiger partial charge >= 0.3 is 0 Å². The van der Waals surface area contributed by atoms with Gasteiger partial charge in [0.1, 0.15) is 5.69 Å². The van der Waals surface area contributed by atoms with Crippen molar-refractivity contribution in [2.24, 2.45) is 0 Å². The van der Waals surface area contributed by atoms with Crippen LogP contribution in [-0.4, -0.2) is 21.8 Å². The van der Waals surface area contributed by atoms with E-state index in [4.69, 9.17) is 0 Å². The highest BCUT2D eigenvalue weighted by Crippen LogP contribution is 2.20. The topological polar surface area (TPSA) is 62.8 Å². The molecule has 0 unspecified atom stereocenters. The third kappa shape index (κ3) is 0.950. The number of nitrogens with one attached hydrogen (secondary N) is 1. The number of aromatic nitrogens is 2. The fourth-order valence-corrected chi connectivity index (χ4v) is 1.42. The third-order valence-corrected chi connectivity index (χ3v) is 2.11.